The monoisotopic (exact) mass is 307 g/mol. The second-order valence-corrected chi connectivity index (χ2v) is 5.43. The van der Waals surface area contributed by atoms with Crippen molar-refractivity contribution in [1.82, 2.24) is 4.90 Å². The zero-order chi connectivity index (χ0) is 16.1. The first-order valence-corrected chi connectivity index (χ1v) is 7.46. The lowest BCUT2D eigenvalue weighted by Crippen LogP contribution is -2.52. The molecule has 0 aliphatic carbocycles. The maximum absolute atomic E-state index is 12.3. The van der Waals surface area contributed by atoms with Crippen LogP contribution in [0.5, 0.6) is 0 Å². The van der Waals surface area contributed by atoms with Gasteiger partial charge in [-0.3, -0.25) is 4.90 Å². The highest BCUT2D eigenvalue weighted by molar-refractivity contribution is 5.80. The molecule has 1 saturated heterocycles. The number of hydrogen-bond donors (Lipinski definition) is 2. The highest BCUT2D eigenvalue weighted by Crippen LogP contribution is 2.25. The number of ether oxygens (including phenoxy) is 1. The SMILES string of the molecule is CCC(OC(=O)N1CC(O)CCC1C(=O)O)c1ccccc1. The Bertz CT molecular complexity index is 519. The van der Waals surface area contributed by atoms with Gasteiger partial charge in [0.05, 0.1) is 12.6 Å². The summed E-state index contributed by atoms with van der Waals surface area (Å²) in [5, 5.41) is 18.9. The number of rotatable bonds is 4. The van der Waals surface area contributed by atoms with Crippen LogP contribution in [0.4, 0.5) is 4.79 Å². The lowest BCUT2D eigenvalue weighted by Gasteiger charge is -2.35. The minimum atomic E-state index is -1.07. The molecule has 0 saturated carbocycles. The fourth-order valence-corrected chi connectivity index (χ4v) is 2.65. The molecule has 2 N–H and O–H groups in total. The Morgan fingerprint density at radius 2 is 2.00 bits per heavy atom. The fourth-order valence-electron chi connectivity index (χ4n) is 2.65. The summed E-state index contributed by atoms with van der Waals surface area (Å²) in [7, 11) is 0. The number of aliphatic carboxylic acids is 1. The van der Waals surface area contributed by atoms with E-state index in [0.29, 0.717) is 12.8 Å². The summed E-state index contributed by atoms with van der Waals surface area (Å²) in [5.74, 6) is -1.07. The molecule has 1 aliphatic rings. The number of amides is 1. The molecule has 22 heavy (non-hydrogen) atoms. The molecule has 2 rings (SSSR count). The van der Waals surface area contributed by atoms with Gasteiger partial charge in [-0.05, 0) is 24.8 Å². The van der Waals surface area contributed by atoms with Crippen LogP contribution in [0.1, 0.15) is 37.9 Å². The Balaban J connectivity index is 2.09. The minimum absolute atomic E-state index is 0.0129. The number of hydrogen-bond acceptors (Lipinski definition) is 4. The number of nitrogens with zero attached hydrogens (tertiary/aromatic N) is 1. The first kappa shape index (κ1) is 16.3. The van der Waals surface area contributed by atoms with E-state index in [1.165, 1.54) is 0 Å². The molecule has 1 heterocycles. The quantitative estimate of drug-likeness (QED) is 0.890. The largest absolute Gasteiger partial charge is 0.480 e. The lowest BCUT2D eigenvalue weighted by molar-refractivity contribution is -0.145. The summed E-state index contributed by atoms with van der Waals surface area (Å²) in [6.07, 6.45) is -0.641. The third-order valence-corrected chi connectivity index (χ3v) is 3.86. The first-order valence-electron chi connectivity index (χ1n) is 7.46. The van der Waals surface area contributed by atoms with Crippen molar-refractivity contribution >= 4 is 12.1 Å². The number of carbonyl (C=O) groups excluding carboxylic acids is 1. The van der Waals surface area contributed by atoms with E-state index in [-0.39, 0.29) is 13.0 Å². The molecule has 1 fully saturated rings. The zero-order valence-corrected chi connectivity index (χ0v) is 12.5. The predicted molar refractivity (Wildman–Crippen MR) is 79.3 cm³/mol. The molecule has 1 amide bonds. The van der Waals surface area contributed by atoms with Crippen molar-refractivity contribution in [2.75, 3.05) is 6.54 Å². The van der Waals surface area contributed by atoms with Gasteiger partial charge in [0.15, 0.2) is 0 Å². The first-order chi connectivity index (χ1) is 10.5. The molecule has 120 valence electrons. The Morgan fingerprint density at radius 3 is 2.59 bits per heavy atom. The smallest absolute Gasteiger partial charge is 0.411 e. The van der Waals surface area contributed by atoms with Gasteiger partial charge in [0.25, 0.3) is 0 Å². The van der Waals surface area contributed by atoms with Crippen molar-refractivity contribution < 1.29 is 24.5 Å². The van der Waals surface area contributed by atoms with Crippen LogP contribution in [0.15, 0.2) is 30.3 Å². The summed E-state index contributed by atoms with van der Waals surface area (Å²) in [5.41, 5.74) is 0.864. The van der Waals surface area contributed by atoms with Crippen molar-refractivity contribution in [3.05, 3.63) is 35.9 Å². The van der Waals surface area contributed by atoms with Gasteiger partial charge in [-0.15, -0.1) is 0 Å². The Hall–Kier alpha value is -2.08. The number of aliphatic hydroxyl groups excluding tert-OH is 1. The standard InChI is InChI=1S/C16H21NO5/c1-2-14(11-6-4-3-5-7-11)22-16(21)17-10-12(18)8-9-13(17)15(19)20/h3-7,12-14,18H,2,8-10H2,1H3,(H,19,20). The van der Waals surface area contributed by atoms with E-state index >= 15 is 0 Å². The molecular formula is C16H21NO5. The molecule has 3 atom stereocenters. The average Bonchev–Trinajstić information content (AvgIpc) is 2.52. The van der Waals surface area contributed by atoms with E-state index in [1.54, 1.807) is 0 Å². The summed E-state index contributed by atoms with van der Waals surface area (Å²) < 4.78 is 5.47. The summed E-state index contributed by atoms with van der Waals surface area (Å²) >= 11 is 0. The molecule has 1 aromatic carbocycles. The topological polar surface area (TPSA) is 87.1 Å². The molecule has 6 nitrogen and oxygen atoms in total. The van der Waals surface area contributed by atoms with Crippen molar-refractivity contribution in [2.24, 2.45) is 0 Å². The third kappa shape index (κ3) is 3.76. The van der Waals surface area contributed by atoms with Gasteiger partial charge < -0.3 is 14.9 Å². The van der Waals surface area contributed by atoms with Gasteiger partial charge in [0, 0.05) is 0 Å². The van der Waals surface area contributed by atoms with Crippen LogP contribution in [0.2, 0.25) is 0 Å². The number of carboxylic acid groups (broad SMARTS) is 1. The van der Waals surface area contributed by atoms with Gasteiger partial charge in [0.2, 0.25) is 0 Å². The zero-order valence-electron chi connectivity index (χ0n) is 12.5. The second kappa shape index (κ2) is 7.26. The highest BCUT2D eigenvalue weighted by atomic mass is 16.6. The number of likely N-dealkylation sites (tertiary alicyclic amines) is 1. The molecular weight excluding hydrogens is 286 g/mol. The van der Waals surface area contributed by atoms with Crippen molar-refractivity contribution in [3.63, 3.8) is 0 Å². The van der Waals surface area contributed by atoms with E-state index in [1.807, 2.05) is 37.3 Å². The van der Waals surface area contributed by atoms with Crippen LogP contribution in [-0.2, 0) is 9.53 Å². The van der Waals surface area contributed by atoms with Crippen LogP contribution in [0, 0.1) is 0 Å². The van der Waals surface area contributed by atoms with Crippen LogP contribution >= 0.6 is 0 Å². The summed E-state index contributed by atoms with van der Waals surface area (Å²) in [4.78, 5) is 24.7. The highest BCUT2D eigenvalue weighted by Gasteiger charge is 2.37. The lowest BCUT2D eigenvalue weighted by atomic mass is 10.0. The molecule has 0 aromatic heterocycles. The van der Waals surface area contributed by atoms with E-state index in [0.717, 1.165) is 10.5 Å². The van der Waals surface area contributed by atoms with Crippen LogP contribution < -0.4 is 0 Å². The number of carbonyl (C=O) groups is 2. The maximum Gasteiger partial charge on any atom is 0.411 e. The molecule has 1 aromatic rings. The number of benzene rings is 1. The van der Waals surface area contributed by atoms with Crippen LogP contribution in [0.25, 0.3) is 0 Å². The average molecular weight is 307 g/mol. The molecule has 0 spiro atoms. The molecule has 3 unspecified atom stereocenters. The van der Waals surface area contributed by atoms with Gasteiger partial charge in [-0.25, -0.2) is 9.59 Å². The Kier molecular flexibility index (Phi) is 5.38. The summed E-state index contributed by atoms with van der Waals surface area (Å²) in [6, 6.07) is 8.37. The van der Waals surface area contributed by atoms with Crippen molar-refractivity contribution in [1.29, 1.82) is 0 Å². The van der Waals surface area contributed by atoms with Gasteiger partial charge >= 0.3 is 12.1 Å². The summed E-state index contributed by atoms with van der Waals surface area (Å²) in [6.45, 7) is 1.88. The van der Waals surface area contributed by atoms with Crippen molar-refractivity contribution in [3.8, 4) is 0 Å². The Labute approximate surface area is 129 Å². The predicted octanol–water partition coefficient (Wildman–Crippen LogP) is 2.18. The van der Waals surface area contributed by atoms with Gasteiger partial charge in [-0.2, -0.15) is 0 Å². The van der Waals surface area contributed by atoms with Crippen molar-refractivity contribution in [2.45, 2.75) is 44.4 Å². The molecule has 6 heteroatoms. The maximum atomic E-state index is 12.3. The number of aliphatic hydroxyl groups is 1. The third-order valence-electron chi connectivity index (χ3n) is 3.86. The number of piperidine rings is 1. The van der Waals surface area contributed by atoms with E-state index in [4.69, 9.17) is 4.74 Å². The van der Waals surface area contributed by atoms with Crippen LogP contribution in [0.3, 0.4) is 0 Å². The molecule has 0 bridgehead atoms. The molecule has 0 radical (unpaired) electrons. The second-order valence-electron chi connectivity index (χ2n) is 5.43. The normalized spacial score (nSPS) is 22.9. The van der Waals surface area contributed by atoms with Gasteiger partial charge in [-0.1, -0.05) is 37.3 Å². The van der Waals surface area contributed by atoms with E-state index < -0.39 is 30.3 Å². The van der Waals surface area contributed by atoms with E-state index in [2.05, 4.69) is 0 Å². The number of carboxylic acids is 1. The minimum Gasteiger partial charge on any atom is -0.480 e. The van der Waals surface area contributed by atoms with Crippen LogP contribution in [-0.4, -0.2) is 45.9 Å². The van der Waals surface area contributed by atoms with Gasteiger partial charge in [0.1, 0.15) is 12.1 Å². The molecule has 1 aliphatic heterocycles. The number of β-amino-alcohol motifs (C(OH)–C–C–N with tert-alkyl or cyclic N) is 1. The fraction of sp³-hybridized carbons (Fsp3) is 0.500. The van der Waals surface area contributed by atoms with E-state index in [9.17, 15) is 19.8 Å². The Morgan fingerprint density at radius 1 is 1.32 bits per heavy atom.